The van der Waals surface area contributed by atoms with Crippen LogP contribution in [0.4, 0.5) is 11.4 Å². The first-order valence-electron chi connectivity index (χ1n) is 16.5. The fraction of sp³-hybridized carbons (Fsp3) is 0. The molecule has 0 radical (unpaired) electrons. The largest absolute Gasteiger partial charge is 0.307 e. The van der Waals surface area contributed by atoms with Crippen molar-refractivity contribution in [3.63, 3.8) is 0 Å². The summed E-state index contributed by atoms with van der Waals surface area (Å²) in [7, 11) is 0. The maximum atomic E-state index is 14.9. The number of nitriles is 1. The lowest BCUT2D eigenvalue weighted by molar-refractivity contribution is 0.0926. The third-order valence-corrected chi connectivity index (χ3v) is 9.61. The van der Waals surface area contributed by atoms with Crippen LogP contribution in [0, 0.1) is 17.9 Å². The van der Waals surface area contributed by atoms with Crippen LogP contribution in [0.2, 0.25) is 0 Å². The number of nitrogens with zero attached hydrogens (tertiary/aromatic N) is 6. The first kappa shape index (κ1) is 30.4. The van der Waals surface area contributed by atoms with Gasteiger partial charge in [-0.15, -0.1) is 0 Å². The van der Waals surface area contributed by atoms with Crippen LogP contribution < -0.4 is 4.90 Å². The average Bonchev–Trinajstić information content (AvgIpc) is 3.68. The van der Waals surface area contributed by atoms with Crippen molar-refractivity contribution >= 4 is 45.0 Å². The lowest BCUT2D eigenvalue weighted by atomic mass is 9.99. The zero-order valence-electron chi connectivity index (χ0n) is 27.4. The van der Waals surface area contributed by atoms with Crippen molar-refractivity contribution in [3.05, 3.63) is 174 Å². The molecule has 2 amide bonds. The summed E-state index contributed by atoms with van der Waals surface area (Å²) in [5, 5.41) is 11.9. The number of carbonyl (C=O) groups is 2. The van der Waals surface area contributed by atoms with E-state index in [0.717, 1.165) is 44.1 Å². The van der Waals surface area contributed by atoms with Crippen molar-refractivity contribution in [2.45, 2.75) is 0 Å². The first-order chi connectivity index (χ1) is 25.6. The van der Waals surface area contributed by atoms with Gasteiger partial charge in [-0.3, -0.25) is 19.6 Å². The molecule has 5 aromatic carbocycles. The van der Waals surface area contributed by atoms with Crippen LogP contribution in [0.5, 0.6) is 0 Å². The molecule has 0 fully saturated rings. The van der Waals surface area contributed by atoms with E-state index in [2.05, 4.69) is 20.9 Å². The van der Waals surface area contributed by atoms with Crippen molar-refractivity contribution in [1.82, 2.24) is 14.5 Å². The van der Waals surface area contributed by atoms with Crippen molar-refractivity contribution in [2.75, 3.05) is 4.90 Å². The molecule has 0 unspecified atom stereocenters. The molecule has 9 rings (SSSR count). The lowest BCUT2D eigenvalue weighted by Crippen LogP contribution is -2.30. The monoisotopic (exact) mass is 668 g/mol. The van der Waals surface area contributed by atoms with Gasteiger partial charge in [0.15, 0.2) is 5.69 Å². The van der Waals surface area contributed by atoms with Crippen LogP contribution in [0.15, 0.2) is 146 Å². The maximum Gasteiger partial charge on any atom is 0.268 e. The minimum Gasteiger partial charge on any atom is -0.307 e. The second-order valence-corrected chi connectivity index (χ2v) is 12.3. The van der Waals surface area contributed by atoms with Gasteiger partial charge in [-0.2, -0.15) is 5.26 Å². The summed E-state index contributed by atoms with van der Waals surface area (Å²) in [6, 6.07) is 39.8. The maximum absolute atomic E-state index is 14.9. The van der Waals surface area contributed by atoms with Crippen molar-refractivity contribution in [3.8, 4) is 45.1 Å². The molecule has 52 heavy (non-hydrogen) atoms. The van der Waals surface area contributed by atoms with Crippen molar-refractivity contribution < 1.29 is 9.59 Å². The van der Waals surface area contributed by atoms with E-state index >= 15 is 0 Å². The number of para-hydroxylation sites is 3. The highest BCUT2D eigenvalue weighted by Crippen LogP contribution is 2.46. The highest BCUT2D eigenvalue weighted by atomic mass is 16.2. The molecule has 8 heteroatoms. The molecule has 1 aliphatic heterocycles. The zero-order chi connectivity index (χ0) is 35.3. The van der Waals surface area contributed by atoms with Gasteiger partial charge in [0, 0.05) is 57.8 Å². The topological polar surface area (TPSA) is 96.2 Å². The SMILES string of the molecule is [C-]#[N+]c1ccncc1-c1cccc2c3cccc(-c4cnccc4C#N)c3n(-c3cccc4c3C(=O)N(c3ccccc3-c3ccccc3)C4=O)c12. The fourth-order valence-corrected chi connectivity index (χ4v) is 7.39. The van der Waals surface area contributed by atoms with Crippen LogP contribution in [0.3, 0.4) is 0 Å². The average molecular weight is 669 g/mol. The van der Waals surface area contributed by atoms with E-state index in [-0.39, 0.29) is 11.1 Å². The van der Waals surface area contributed by atoms with E-state index in [1.165, 1.54) is 4.90 Å². The Kier molecular flexibility index (Phi) is 7.03. The van der Waals surface area contributed by atoms with E-state index in [1.807, 2.05) is 95.6 Å². The third-order valence-electron chi connectivity index (χ3n) is 9.61. The Bertz CT molecular complexity index is 2760. The van der Waals surface area contributed by atoms with Crippen LogP contribution in [0.1, 0.15) is 26.3 Å². The normalized spacial score (nSPS) is 12.2. The molecule has 4 heterocycles. The van der Waals surface area contributed by atoms with Gasteiger partial charge in [-0.25, -0.2) is 9.74 Å². The summed E-state index contributed by atoms with van der Waals surface area (Å²) in [6.07, 6.45) is 6.51. The van der Waals surface area contributed by atoms with Gasteiger partial charge in [0.05, 0.1) is 51.7 Å². The quantitative estimate of drug-likeness (QED) is 0.134. The van der Waals surface area contributed by atoms with E-state index in [4.69, 9.17) is 6.57 Å². The fourth-order valence-electron chi connectivity index (χ4n) is 7.39. The molecule has 0 saturated heterocycles. The molecule has 242 valence electrons. The number of benzene rings is 5. The minimum atomic E-state index is -0.453. The Morgan fingerprint density at radius 2 is 1.17 bits per heavy atom. The Morgan fingerprint density at radius 1 is 0.577 bits per heavy atom. The second-order valence-electron chi connectivity index (χ2n) is 12.3. The molecule has 0 bridgehead atoms. The molecule has 0 aliphatic carbocycles. The third kappa shape index (κ3) is 4.46. The summed E-state index contributed by atoms with van der Waals surface area (Å²) in [5.41, 5.74) is 8.15. The van der Waals surface area contributed by atoms with E-state index in [1.54, 1.807) is 55.1 Å². The predicted molar refractivity (Wildman–Crippen MR) is 201 cm³/mol. The number of imide groups is 1. The van der Waals surface area contributed by atoms with Crippen LogP contribution in [-0.4, -0.2) is 26.3 Å². The lowest BCUT2D eigenvalue weighted by Gasteiger charge is -2.19. The molecule has 0 atom stereocenters. The smallest absolute Gasteiger partial charge is 0.268 e. The Balaban J connectivity index is 1.39. The molecule has 0 N–H and O–H groups in total. The van der Waals surface area contributed by atoms with E-state index < -0.39 is 11.8 Å². The number of amides is 2. The molecule has 0 spiro atoms. The Hall–Kier alpha value is -7.68. The number of hydrogen-bond donors (Lipinski definition) is 0. The molecular weight excluding hydrogens is 645 g/mol. The number of rotatable bonds is 5. The highest BCUT2D eigenvalue weighted by Gasteiger charge is 2.40. The number of hydrogen-bond acceptors (Lipinski definition) is 5. The predicted octanol–water partition coefficient (Wildman–Crippen LogP) is 9.80. The van der Waals surface area contributed by atoms with Gasteiger partial charge in [0.2, 0.25) is 0 Å². The van der Waals surface area contributed by atoms with Gasteiger partial charge < -0.3 is 4.57 Å². The molecule has 1 aliphatic rings. The standard InChI is InChI=1S/C44H24N6O2/c1-46-37-21-23-48-26-36(37)33-16-8-14-31-30-13-7-15-32(35-25-47-22-20-28(35)24-45)41(30)49(42(31)33)39-19-9-17-34-40(39)44(52)50(43(34)51)38-18-6-5-12-29(38)27-10-3-2-4-11-27/h2-23,25-26H. The van der Waals surface area contributed by atoms with Crippen molar-refractivity contribution in [1.29, 1.82) is 5.26 Å². The molecule has 8 aromatic rings. The van der Waals surface area contributed by atoms with Gasteiger partial charge in [0.25, 0.3) is 11.8 Å². The number of anilines is 1. The van der Waals surface area contributed by atoms with Gasteiger partial charge >= 0.3 is 0 Å². The molecule has 0 saturated carbocycles. The summed E-state index contributed by atoms with van der Waals surface area (Å²) in [5.74, 6) is -0.876. The van der Waals surface area contributed by atoms with Gasteiger partial charge in [-0.1, -0.05) is 91.0 Å². The summed E-state index contributed by atoms with van der Waals surface area (Å²) in [4.78, 5) is 43.1. The number of carbonyl (C=O) groups excluding carboxylic acids is 2. The molecule has 8 nitrogen and oxygen atoms in total. The van der Waals surface area contributed by atoms with Crippen LogP contribution in [-0.2, 0) is 0 Å². The van der Waals surface area contributed by atoms with Crippen LogP contribution in [0.25, 0.3) is 65.7 Å². The zero-order valence-corrected chi connectivity index (χ0v) is 27.4. The Morgan fingerprint density at radius 3 is 1.90 bits per heavy atom. The number of aromatic nitrogens is 3. The second kappa shape index (κ2) is 12.0. The summed E-state index contributed by atoms with van der Waals surface area (Å²) >= 11 is 0. The van der Waals surface area contributed by atoms with E-state index in [9.17, 15) is 14.9 Å². The van der Waals surface area contributed by atoms with Crippen LogP contribution >= 0.6 is 0 Å². The van der Waals surface area contributed by atoms with E-state index in [0.29, 0.717) is 33.8 Å². The highest BCUT2D eigenvalue weighted by molar-refractivity contribution is 6.36. The number of fused-ring (bicyclic) bond motifs is 4. The minimum absolute atomic E-state index is 0.252. The first-order valence-corrected chi connectivity index (χ1v) is 16.5. The number of pyridine rings is 2. The van der Waals surface area contributed by atoms with Crippen molar-refractivity contribution in [2.24, 2.45) is 0 Å². The summed E-state index contributed by atoms with van der Waals surface area (Å²) in [6.45, 7) is 7.96. The molecule has 3 aromatic heterocycles. The summed E-state index contributed by atoms with van der Waals surface area (Å²) < 4.78 is 2.00. The molecular formula is C44H24N6O2. The van der Waals surface area contributed by atoms with Gasteiger partial charge in [-0.05, 0) is 41.5 Å². The van der Waals surface area contributed by atoms with Gasteiger partial charge in [0.1, 0.15) is 0 Å². The Labute approximate surface area is 297 Å².